The lowest BCUT2D eigenvalue weighted by Gasteiger charge is -2.52. The monoisotopic (exact) mass is 371 g/mol. The summed E-state index contributed by atoms with van der Waals surface area (Å²) in [6.07, 6.45) is 0.769. The molecule has 0 amide bonds. The molecule has 138 valence electrons. The van der Waals surface area contributed by atoms with Crippen molar-refractivity contribution in [1.82, 2.24) is 0 Å². The Labute approximate surface area is 162 Å². The molecule has 2 heterocycles. The second-order valence-electron chi connectivity index (χ2n) is 7.86. The van der Waals surface area contributed by atoms with Crippen LogP contribution in [0.3, 0.4) is 0 Å². The van der Waals surface area contributed by atoms with Gasteiger partial charge in [0.1, 0.15) is 6.10 Å². The van der Waals surface area contributed by atoms with Gasteiger partial charge in [0.05, 0.1) is 35.8 Å². The summed E-state index contributed by atoms with van der Waals surface area (Å²) >= 11 is 0. The van der Waals surface area contributed by atoms with Gasteiger partial charge in [-0.25, -0.2) is 0 Å². The maximum atomic E-state index is 10.2. The van der Waals surface area contributed by atoms with E-state index in [1.54, 1.807) is 24.3 Å². The van der Waals surface area contributed by atoms with E-state index in [0.29, 0.717) is 24.0 Å². The Morgan fingerprint density at radius 1 is 1.07 bits per heavy atom. The summed E-state index contributed by atoms with van der Waals surface area (Å²) in [6, 6.07) is 14.7. The number of benzene rings is 1. The molecule has 0 radical (unpaired) electrons. The normalized spacial score (nSPS) is 37.3. The molecular formula is C21H17N5O2. The van der Waals surface area contributed by atoms with Crippen LogP contribution in [0.1, 0.15) is 43.4 Å². The Morgan fingerprint density at radius 2 is 1.75 bits per heavy atom. The Morgan fingerprint density at radius 3 is 2.32 bits per heavy atom. The zero-order chi connectivity index (χ0) is 20.2. The van der Waals surface area contributed by atoms with Gasteiger partial charge in [-0.15, -0.1) is 0 Å². The average Bonchev–Trinajstić information content (AvgIpc) is 2.92. The van der Waals surface area contributed by atoms with Gasteiger partial charge in [0, 0.05) is 6.42 Å². The molecule has 0 spiro atoms. The minimum atomic E-state index is -1.94. The summed E-state index contributed by atoms with van der Waals surface area (Å²) in [5, 5.41) is 48.1. The lowest BCUT2D eigenvalue weighted by Crippen LogP contribution is -2.60. The molecule has 3 fully saturated rings. The first-order valence-corrected chi connectivity index (χ1v) is 9.12. The largest absolute Gasteiger partial charge is 0.447 e. The van der Waals surface area contributed by atoms with Crippen LogP contribution in [-0.2, 0) is 9.47 Å². The minimum Gasteiger partial charge on any atom is -0.447 e. The van der Waals surface area contributed by atoms with E-state index in [4.69, 9.17) is 20.1 Å². The maximum absolute atomic E-state index is 10.2. The molecule has 0 aromatic heterocycles. The summed E-state index contributed by atoms with van der Waals surface area (Å²) < 4.78 is 12.2. The molecule has 2 bridgehead atoms. The van der Waals surface area contributed by atoms with E-state index in [-0.39, 0.29) is 11.8 Å². The van der Waals surface area contributed by atoms with Gasteiger partial charge in [0.15, 0.2) is 5.41 Å². The van der Waals surface area contributed by atoms with Gasteiger partial charge in [-0.05, 0) is 36.5 Å². The molecule has 1 aromatic carbocycles. The van der Waals surface area contributed by atoms with Gasteiger partial charge in [-0.3, -0.25) is 5.41 Å². The van der Waals surface area contributed by atoms with Gasteiger partial charge < -0.3 is 9.47 Å². The molecule has 1 aliphatic carbocycles. The molecule has 4 rings (SSSR count). The number of ether oxygens (including phenoxy) is 2. The molecule has 1 aromatic rings. The summed E-state index contributed by atoms with van der Waals surface area (Å²) in [4.78, 5) is 0. The first kappa shape index (κ1) is 18.0. The predicted molar refractivity (Wildman–Crippen MR) is 94.7 cm³/mol. The fourth-order valence-electron chi connectivity index (χ4n) is 5.06. The van der Waals surface area contributed by atoms with Crippen LogP contribution in [0.15, 0.2) is 24.3 Å². The number of rotatable bonds is 1. The van der Waals surface area contributed by atoms with Gasteiger partial charge in [0.25, 0.3) is 0 Å². The molecule has 5 unspecified atom stereocenters. The number of nitrogens with one attached hydrogen (secondary N) is 1. The first-order valence-electron chi connectivity index (χ1n) is 9.12. The average molecular weight is 371 g/mol. The van der Waals surface area contributed by atoms with Crippen LogP contribution in [-0.4, -0.2) is 11.7 Å². The van der Waals surface area contributed by atoms with Crippen molar-refractivity contribution in [2.45, 2.75) is 38.1 Å². The molecule has 28 heavy (non-hydrogen) atoms. The highest BCUT2D eigenvalue weighted by Gasteiger charge is 2.80. The summed E-state index contributed by atoms with van der Waals surface area (Å²) in [5.74, 6) is -1.83. The summed E-state index contributed by atoms with van der Waals surface area (Å²) in [5.41, 5.74) is -2.70. The van der Waals surface area contributed by atoms with Crippen LogP contribution in [0, 0.1) is 73.4 Å². The van der Waals surface area contributed by atoms with Crippen LogP contribution in [0.5, 0.6) is 0 Å². The van der Waals surface area contributed by atoms with Crippen LogP contribution >= 0.6 is 0 Å². The van der Waals surface area contributed by atoms with Crippen LogP contribution in [0.2, 0.25) is 0 Å². The van der Waals surface area contributed by atoms with Crippen molar-refractivity contribution in [3.8, 4) is 24.3 Å². The maximum Gasteiger partial charge on any atom is 0.217 e. The topological polar surface area (TPSA) is 137 Å². The van der Waals surface area contributed by atoms with Gasteiger partial charge in [-0.2, -0.15) is 21.0 Å². The fourth-order valence-corrected chi connectivity index (χ4v) is 5.06. The Hall–Kier alpha value is -3.39. The van der Waals surface area contributed by atoms with Crippen molar-refractivity contribution in [1.29, 1.82) is 26.5 Å². The van der Waals surface area contributed by atoms with E-state index in [0.717, 1.165) is 6.42 Å². The lowest BCUT2D eigenvalue weighted by atomic mass is 9.50. The van der Waals surface area contributed by atoms with Gasteiger partial charge in [-0.1, -0.05) is 19.1 Å². The smallest absolute Gasteiger partial charge is 0.217 e. The highest BCUT2D eigenvalue weighted by atomic mass is 16.7. The Bertz CT molecular complexity index is 1010. The SMILES string of the molecule is CC1CCC23OC(=N)C(C#N)(C2C1)C(C#N)(C#N)C(c1ccc(C#N)cc1)O3. The number of hydrogen-bond donors (Lipinski definition) is 1. The van der Waals surface area contributed by atoms with E-state index in [1.807, 2.05) is 25.1 Å². The second-order valence-corrected chi connectivity index (χ2v) is 7.86. The minimum absolute atomic E-state index is 0.269. The van der Waals surface area contributed by atoms with Crippen molar-refractivity contribution in [3.05, 3.63) is 35.4 Å². The zero-order valence-electron chi connectivity index (χ0n) is 15.3. The molecule has 5 atom stereocenters. The van der Waals surface area contributed by atoms with Gasteiger partial charge in [0.2, 0.25) is 17.1 Å². The standard InChI is InChI=1S/C21H17N5O2/c1-13-6-7-21-16(8-13)20(12-25,18(26)28-21)19(10-23,11-24)17(27-21)15-4-2-14(9-22)3-5-15/h2-5,13,16-17,26H,6-8H2,1H3. The van der Waals surface area contributed by atoms with Crippen LogP contribution in [0.4, 0.5) is 0 Å². The molecule has 7 nitrogen and oxygen atoms in total. The van der Waals surface area contributed by atoms with Crippen molar-refractivity contribution >= 4 is 5.90 Å². The van der Waals surface area contributed by atoms with E-state index in [1.165, 1.54) is 0 Å². The molecule has 1 N–H and O–H groups in total. The third kappa shape index (κ3) is 1.90. The first-order chi connectivity index (χ1) is 13.4. The Kier molecular flexibility index (Phi) is 3.73. The van der Waals surface area contributed by atoms with E-state index in [2.05, 4.69) is 6.07 Å². The third-order valence-electron chi connectivity index (χ3n) is 6.51. The quantitative estimate of drug-likeness (QED) is 0.803. The van der Waals surface area contributed by atoms with Gasteiger partial charge >= 0.3 is 0 Å². The zero-order valence-corrected chi connectivity index (χ0v) is 15.3. The third-order valence-corrected chi connectivity index (χ3v) is 6.51. The summed E-state index contributed by atoms with van der Waals surface area (Å²) in [6.45, 7) is 2.05. The summed E-state index contributed by atoms with van der Waals surface area (Å²) in [7, 11) is 0. The van der Waals surface area contributed by atoms with Crippen LogP contribution < -0.4 is 0 Å². The molecule has 7 heteroatoms. The van der Waals surface area contributed by atoms with Crippen molar-refractivity contribution in [3.63, 3.8) is 0 Å². The lowest BCUT2D eigenvalue weighted by molar-refractivity contribution is -0.298. The van der Waals surface area contributed by atoms with Crippen molar-refractivity contribution < 1.29 is 9.47 Å². The highest BCUT2D eigenvalue weighted by Crippen LogP contribution is 2.69. The Balaban J connectivity index is 1.97. The molecule has 3 aliphatic rings. The molecule has 2 saturated heterocycles. The predicted octanol–water partition coefficient (Wildman–Crippen LogP) is 3.31. The molecule has 1 saturated carbocycles. The van der Waals surface area contributed by atoms with E-state index in [9.17, 15) is 15.8 Å². The van der Waals surface area contributed by atoms with E-state index >= 15 is 0 Å². The van der Waals surface area contributed by atoms with Crippen molar-refractivity contribution in [2.75, 3.05) is 0 Å². The van der Waals surface area contributed by atoms with Crippen LogP contribution in [0.25, 0.3) is 0 Å². The number of nitrogens with zero attached hydrogens (tertiary/aromatic N) is 4. The fraction of sp³-hybridized carbons (Fsp3) is 0.476. The number of hydrogen-bond acceptors (Lipinski definition) is 7. The second kappa shape index (κ2) is 5.80. The molecular weight excluding hydrogens is 354 g/mol. The van der Waals surface area contributed by atoms with Crippen molar-refractivity contribution in [2.24, 2.45) is 22.7 Å². The van der Waals surface area contributed by atoms with E-state index < -0.39 is 28.6 Å². The molecule has 2 aliphatic heterocycles. The highest BCUT2D eigenvalue weighted by molar-refractivity contribution is 5.89. The number of nitriles is 4.